The van der Waals surface area contributed by atoms with Gasteiger partial charge in [-0.1, -0.05) is 152 Å². The molecular weight excluding hydrogens is 1570 g/mol. The van der Waals surface area contributed by atoms with E-state index in [1.54, 1.807) is 0 Å². The summed E-state index contributed by atoms with van der Waals surface area (Å²) in [5, 5.41) is 11.4. The molecular formula is C108H92N8O6S2+4. The molecule has 12 aromatic carbocycles. The maximum absolute atomic E-state index is 6.53. The number of hydrogen-bond donors (Lipinski definition) is 0. The molecule has 0 aliphatic carbocycles. The Labute approximate surface area is 724 Å². The summed E-state index contributed by atoms with van der Waals surface area (Å²) in [5.74, 6) is 5.14. The van der Waals surface area contributed by atoms with Crippen LogP contribution in [0.1, 0.15) is 66.8 Å². The van der Waals surface area contributed by atoms with Gasteiger partial charge >= 0.3 is 0 Å². The largest absolute Gasteiger partial charge is 0.452 e. The number of aryl methyl sites for hydroxylation is 16. The van der Waals surface area contributed by atoms with E-state index < -0.39 is 0 Å². The van der Waals surface area contributed by atoms with Crippen LogP contribution in [-0.2, 0) is 28.2 Å². The number of thiophene rings is 2. The Kier molecular flexibility index (Phi) is 18.5. The highest BCUT2D eigenvalue weighted by molar-refractivity contribution is 7.44. The van der Waals surface area contributed by atoms with Crippen molar-refractivity contribution in [2.45, 2.75) is 83.1 Å². The van der Waals surface area contributed by atoms with Gasteiger partial charge in [0.25, 0.3) is 29.1 Å². The molecule has 24 rings (SSSR count). The summed E-state index contributed by atoms with van der Waals surface area (Å²) in [4.78, 5) is 0. The van der Waals surface area contributed by atoms with Gasteiger partial charge in [-0.2, -0.15) is 18.3 Å². The molecule has 0 amide bonds. The van der Waals surface area contributed by atoms with Crippen LogP contribution in [-0.4, -0.2) is 18.3 Å². The highest BCUT2D eigenvalue weighted by Gasteiger charge is 2.33. The smallest absolute Gasteiger partial charge is 0.299 e. The third-order valence-electron chi connectivity index (χ3n) is 25.1. The molecule has 124 heavy (non-hydrogen) atoms. The second-order valence-electron chi connectivity index (χ2n) is 33.4. The molecule has 0 atom stereocenters. The van der Waals surface area contributed by atoms with E-state index in [9.17, 15) is 0 Å². The van der Waals surface area contributed by atoms with Crippen molar-refractivity contribution in [1.29, 1.82) is 0 Å². The Balaban J connectivity index is 0.000000101. The fourth-order valence-electron chi connectivity index (χ4n) is 19.2. The van der Waals surface area contributed by atoms with Gasteiger partial charge in [0.15, 0.2) is 27.9 Å². The molecule has 0 bridgehead atoms. The number of furan rings is 6. The maximum Gasteiger partial charge on any atom is 0.299 e. The van der Waals surface area contributed by atoms with Gasteiger partial charge in [-0.25, -0.2) is 18.3 Å². The third kappa shape index (κ3) is 12.3. The van der Waals surface area contributed by atoms with E-state index in [0.717, 1.165) is 133 Å². The summed E-state index contributed by atoms with van der Waals surface area (Å²) in [6.45, 7) is 26.1. The van der Waals surface area contributed by atoms with Crippen LogP contribution in [0.15, 0.2) is 294 Å². The third-order valence-corrected chi connectivity index (χ3v) is 27.6. The van der Waals surface area contributed by atoms with Crippen molar-refractivity contribution in [3.8, 4) is 68.3 Å². The van der Waals surface area contributed by atoms with Crippen molar-refractivity contribution in [1.82, 2.24) is 18.3 Å². The van der Waals surface area contributed by atoms with E-state index in [2.05, 4.69) is 355 Å². The molecule has 0 saturated carbocycles. The van der Waals surface area contributed by atoms with Crippen molar-refractivity contribution in [3.63, 3.8) is 0 Å². The molecule has 0 spiro atoms. The number of aromatic nitrogens is 8. The summed E-state index contributed by atoms with van der Waals surface area (Å²) in [6.07, 6.45) is 17.1. The van der Waals surface area contributed by atoms with Crippen molar-refractivity contribution >= 4 is 152 Å². The van der Waals surface area contributed by atoms with E-state index in [-0.39, 0.29) is 0 Å². The number of para-hydroxylation sites is 7. The lowest BCUT2D eigenvalue weighted by Crippen LogP contribution is -2.29. The number of fused-ring (bicyclic) bond motifs is 20. The minimum absolute atomic E-state index is 0.585. The molecule has 14 nitrogen and oxygen atoms in total. The second-order valence-corrected chi connectivity index (χ2v) is 35.7. The Morgan fingerprint density at radius 2 is 0.613 bits per heavy atom. The molecule has 0 fully saturated rings. The topological polar surface area (TPSA) is 114 Å². The molecule has 12 heterocycles. The molecule has 0 aliphatic rings. The van der Waals surface area contributed by atoms with Crippen LogP contribution in [0.2, 0.25) is 0 Å². The molecule has 0 radical (unpaired) electrons. The Bertz CT molecular complexity index is 8180. The van der Waals surface area contributed by atoms with Crippen LogP contribution >= 0.6 is 22.7 Å². The lowest BCUT2D eigenvalue weighted by Gasteiger charge is -2.11. The van der Waals surface area contributed by atoms with Gasteiger partial charge in [-0.05, 0) is 217 Å². The van der Waals surface area contributed by atoms with Crippen LogP contribution < -0.4 is 18.3 Å². The van der Waals surface area contributed by atoms with E-state index in [1.165, 1.54) is 125 Å². The van der Waals surface area contributed by atoms with Crippen LogP contribution in [0.25, 0.3) is 197 Å². The summed E-state index contributed by atoms with van der Waals surface area (Å²) in [5.41, 5.74) is 32.9. The average molecular weight is 1660 g/mol. The number of hydrogen-bond acceptors (Lipinski definition) is 8. The first kappa shape index (κ1) is 77.0. The van der Waals surface area contributed by atoms with E-state index >= 15 is 0 Å². The molecule has 0 N–H and O–H groups in total. The number of imidazole rings is 4. The zero-order chi connectivity index (χ0) is 85.1. The highest BCUT2D eigenvalue weighted by Crippen LogP contribution is 2.50. The maximum atomic E-state index is 6.53. The van der Waals surface area contributed by atoms with Gasteiger partial charge in [0.1, 0.15) is 106 Å². The highest BCUT2D eigenvalue weighted by atomic mass is 32.2. The quantitative estimate of drug-likeness (QED) is 0.140. The zero-order valence-corrected chi connectivity index (χ0v) is 73.9. The van der Waals surface area contributed by atoms with Gasteiger partial charge < -0.3 is 26.5 Å². The first-order valence-corrected chi connectivity index (χ1v) is 43.7. The Morgan fingerprint density at radius 3 is 1.11 bits per heavy atom. The average Bonchev–Trinajstić information content (AvgIpc) is 1.58. The summed E-state index contributed by atoms with van der Waals surface area (Å²) >= 11 is 3.85. The van der Waals surface area contributed by atoms with E-state index in [1.807, 2.05) is 83.3 Å². The number of rotatable bonds is 8. The minimum atomic E-state index is 0.585. The fourth-order valence-corrected chi connectivity index (χ4v) is 22.0. The number of nitrogens with zero attached hydrogens (tertiary/aromatic N) is 8. The molecule has 16 heteroatoms. The minimum Gasteiger partial charge on any atom is -0.452 e. The Morgan fingerprint density at radius 1 is 0.250 bits per heavy atom. The number of benzene rings is 12. The monoisotopic (exact) mass is 1660 g/mol. The van der Waals surface area contributed by atoms with Crippen molar-refractivity contribution in [2.24, 2.45) is 28.2 Å². The molecule has 0 unspecified atom stereocenters. The zero-order valence-electron chi connectivity index (χ0n) is 72.2. The predicted molar refractivity (Wildman–Crippen MR) is 506 cm³/mol. The summed E-state index contributed by atoms with van der Waals surface area (Å²) in [6, 6.07) is 76.3. The summed E-state index contributed by atoms with van der Waals surface area (Å²) in [7, 11) is 8.41. The first-order chi connectivity index (χ1) is 60.1. The molecule has 12 aromatic heterocycles. The molecule has 608 valence electrons. The van der Waals surface area contributed by atoms with Gasteiger partial charge in [-0.15, -0.1) is 22.7 Å². The van der Waals surface area contributed by atoms with E-state index in [4.69, 9.17) is 26.5 Å². The van der Waals surface area contributed by atoms with Crippen LogP contribution in [0, 0.1) is 83.1 Å². The molecule has 24 aromatic rings. The van der Waals surface area contributed by atoms with E-state index in [0.29, 0.717) is 5.78 Å². The van der Waals surface area contributed by atoms with Crippen molar-refractivity contribution in [3.05, 3.63) is 335 Å². The van der Waals surface area contributed by atoms with Crippen LogP contribution in [0.4, 0.5) is 0 Å². The standard InChI is InChI=1S/3C27H23N2O2.C27H23N2S2/c1-16-8-7-9-17(2)25(16)29-13-12-28(4)26(29)20-15-23-21(14-18(20)3)24-19-10-5-6-11-22(19)30-27(24)31-23;1-16-8-7-9-17(2)24(16)29-13-12-28(4)27(29)20-15-23-21(14-18(20)3)26-25(31-23)19-10-5-6-11-22(19)30-26;1-16-12-13-20-24(31-25-19-10-5-6-11-21(19)30-26(20)25)22(16)27-28(4)14-15-29(27)23-17(2)8-7-9-18(23)3;1-16-12-13-20-23-19-10-5-6-11-21(19)30-27(23)31-25(20)22(16)26-28(4)14-15-29(26)24-17(2)8-7-9-18(24)3/h4*5-15H,1-4H3/q4*+1. The second kappa shape index (κ2) is 29.8. The van der Waals surface area contributed by atoms with Crippen molar-refractivity contribution < 1.29 is 44.8 Å². The van der Waals surface area contributed by atoms with Crippen LogP contribution in [0.5, 0.6) is 0 Å². The molecule has 0 saturated heterocycles. The molecule has 0 aliphatic heterocycles. The fraction of sp³-hybridized carbons (Fsp3) is 0.148. The van der Waals surface area contributed by atoms with Crippen LogP contribution in [0.3, 0.4) is 0 Å². The SMILES string of the molecule is Cc1cc2c(cc1-c1n(-c3c(C)cccc3C)cc[n+]1C)oc1c3ccccc3oc21.Cc1cc2c(cc1-c1n(-c3c(C)cccc3C)cc[n+]1C)oc1oc3ccccc3c12.Cc1cccc(C)c1-n1cc[n+](C)c1-c1c(C)ccc2c1oc1c3ccccc3oc21.Cc1cccc(C)c1-n1cc[n+](C)c1-c1c(C)ccc2c1sc1sc3ccccc3c12. The first-order valence-electron chi connectivity index (χ1n) is 42.1. The normalized spacial score (nSPS) is 11.9. The lowest BCUT2D eigenvalue weighted by molar-refractivity contribution is -0.659. The van der Waals surface area contributed by atoms with Gasteiger partial charge in [0.05, 0.1) is 80.5 Å². The van der Waals surface area contributed by atoms with Crippen molar-refractivity contribution in [2.75, 3.05) is 0 Å². The predicted octanol–water partition coefficient (Wildman–Crippen LogP) is 27.1. The Hall–Kier alpha value is -14.3. The van der Waals surface area contributed by atoms with Gasteiger partial charge in [-0.3, -0.25) is 0 Å². The summed E-state index contributed by atoms with van der Waals surface area (Å²) < 4.78 is 59.5. The van der Waals surface area contributed by atoms with Gasteiger partial charge in [0.2, 0.25) is 0 Å². The van der Waals surface area contributed by atoms with Gasteiger partial charge in [0, 0.05) is 31.6 Å². The lowest BCUT2D eigenvalue weighted by atomic mass is 10.0.